The summed E-state index contributed by atoms with van der Waals surface area (Å²) in [6, 6.07) is 7.41. The number of ether oxygens (including phenoxy) is 1. The van der Waals surface area contributed by atoms with Crippen LogP contribution >= 0.6 is 11.8 Å². The Kier molecular flexibility index (Phi) is 7.62. The molecule has 2 unspecified atom stereocenters. The molecule has 0 aliphatic rings. The summed E-state index contributed by atoms with van der Waals surface area (Å²) in [5, 5.41) is 14.1. The number of halogens is 5. The summed E-state index contributed by atoms with van der Waals surface area (Å²) >= 11 is 0.875. The van der Waals surface area contributed by atoms with E-state index in [0.29, 0.717) is 22.7 Å². The Hall–Kier alpha value is -2.59. The maximum atomic E-state index is 14.5. The van der Waals surface area contributed by atoms with Gasteiger partial charge in [-0.1, -0.05) is 19.9 Å². The van der Waals surface area contributed by atoms with E-state index in [0.717, 1.165) is 24.9 Å². The number of alkyl halides is 3. The van der Waals surface area contributed by atoms with Crippen LogP contribution in [0.25, 0.3) is 10.9 Å². The van der Waals surface area contributed by atoms with Crippen molar-refractivity contribution in [1.82, 2.24) is 4.98 Å². The predicted molar refractivity (Wildman–Crippen MR) is 124 cm³/mol. The largest absolute Gasteiger partial charge is 0.493 e. The van der Waals surface area contributed by atoms with E-state index in [9.17, 15) is 27.1 Å². The van der Waals surface area contributed by atoms with Crippen molar-refractivity contribution in [2.45, 2.75) is 43.8 Å². The van der Waals surface area contributed by atoms with Gasteiger partial charge in [0.2, 0.25) is 0 Å². The minimum Gasteiger partial charge on any atom is -0.493 e. The molecule has 0 bridgehead atoms. The number of thioether (sulfide) groups is 1. The first kappa shape index (κ1) is 26.0. The van der Waals surface area contributed by atoms with Gasteiger partial charge >= 0.3 is 6.18 Å². The third-order valence-electron chi connectivity index (χ3n) is 5.33. The van der Waals surface area contributed by atoms with Crippen molar-refractivity contribution in [3.8, 4) is 5.75 Å². The number of aliphatic hydroxyl groups is 1. The second-order valence-electron chi connectivity index (χ2n) is 8.19. The summed E-state index contributed by atoms with van der Waals surface area (Å²) in [6.45, 7) is 5.14. The van der Waals surface area contributed by atoms with Crippen LogP contribution in [0.15, 0.2) is 42.5 Å². The standard InChI is InChI=1S/C24H25F5N2O2S/c1-13(2)34-12-23(32,24(27,28)29)22(17-10-15(25)11-18(26)21(17)33-4)31-20-7-5-6-19-16(20)9-8-14(3)30-19/h5-11,13,22,31-32H,12H2,1-4H3. The van der Waals surface area contributed by atoms with Crippen LogP contribution in [0.4, 0.5) is 27.6 Å². The molecule has 0 amide bonds. The zero-order chi connectivity index (χ0) is 25.3. The smallest absolute Gasteiger partial charge is 0.420 e. The van der Waals surface area contributed by atoms with Crippen LogP contribution in [0, 0.1) is 18.6 Å². The average molecular weight is 501 g/mol. The number of hydrogen-bond acceptors (Lipinski definition) is 5. The molecule has 0 saturated carbocycles. The normalized spacial score (nSPS) is 14.8. The predicted octanol–water partition coefficient (Wildman–Crippen LogP) is 6.42. The third kappa shape index (κ3) is 5.22. The van der Waals surface area contributed by atoms with Crippen molar-refractivity contribution >= 4 is 28.4 Å². The first-order chi connectivity index (χ1) is 15.9. The second kappa shape index (κ2) is 9.95. The molecule has 184 valence electrons. The van der Waals surface area contributed by atoms with Gasteiger partial charge in [-0.2, -0.15) is 24.9 Å². The number of methoxy groups -OCH3 is 1. The molecule has 1 aromatic heterocycles. The van der Waals surface area contributed by atoms with Crippen LogP contribution in [0.5, 0.6) is 5.75 Å². The molecule has 34 heavy (non-hydrogen) atoms. The fraction of sp³-hybridized carbons (Fsp3) is 0.375. The number of hydrogen-bond donors (Lipinski definition) is 2. The lowest BCUT2D eigenvalue weighted by molar-refractivity contribution is -0.256. The van der Waals surface area contributed by atoms with Crippen LogP contribution < -0.4 is 10.1 Å². The molecule has 0 saturated heterocycles. The van der Waals surface area contributed by atoms with Gasteiger partial charge in [-0.3, -0.25) is 4.98 Å². The van der Waals surface area contributed by atoms with Gasteiger partial charge in [-0.25, -0.2) is 8.78 Å². The van der Waals surface area contributed by atoms with Crippen LogP contribution in [-0.2, 0) is 0 Å². The van der Waals surface area contributed by atoms with E-state index in [1.807, 2.05) is 0 Å². The molecular weight excluding hydrogens is 475 g/mol. The highest BCUT2D eigenvalue weighted by Gasteiger charge is 2.60. The monoisotopic (exact) mass is 500 g/mol. The van der Waals surface area contributed by atoms with E-state index in [4.69, 9.17) is 4.74 Å². The SMILES string of the molecule is COc1c(F)cc(F)cc1C(Nc1cccc2nc(C)ccc12)C(O)(CSC(C)C)C(F)(F)F. The molecule has 0 spiro atoms. The summed E-state index contributed by atoms with van der Waals surface area (Å²) in [7, 11) is 1.07. The van der Waals surface area contributed by atoms with Crippen LogP contribution in [0.3, 0.4) is 0 Å². The van der Waals surface area contributed by atoms with Crippen molar-refractivity contribution in [2.24, 2.45) is 0 Å². The number of pyridine rings is 1. The third-order valence-corrected chi connectivity index (χ3v) is 6.60. The molecular formula is C24H25F5N2O2S. The van der Waals surface area contributed by atoms with Crippen molar-refractivity contribution in [3.05, 3.63) is 65.4 Å². The number of nitrogens with one attached hydrogen (secondary N) is 1. The summed E-state index contributed by atoms with van der Waals surface area (Å²) in [6.07, 6.45) is -5.15. The fourth-order valence-corrected chi connectivity index (χ4v) is 4.54. The summed E-state index contributed by atoms with van der Waals surface area (Å²) in [5.41, 5.74) is -2.49. The van der Waals surface area contributed by atoms with Crippen molar-refractivity contribution in [1.29, 1.82) is 0 Å². The number of benzene rings is 2. The molecule has 0 radical (unpaired) electrons. The molecule has 3 aromatic rings. The summed E-state index contributed by atoms with van der Waals surface area (Å²) < 4.78 is 77.1. The molecule has 0 aliphatic heterocycles. The van der Waals surface area contributed by atoms with Gasteiger partial charge in [0.05, 0.1) is 18.7 Å². The topological polar surface area (TPSA) is 54.4 Å². The fourth-order valence-electron chi connectivity index (χ4n) is 3.63. The minimum atomic E-state index is -5.15. The average Bonchev–Trinajstić information content (AvgIpc) is 2.74. The van der Waals surface area contributed by atoms with Crippen LogP contribution in [0.1, 0.15) is 31.1 Å². The molecule has 0 fully saturated rings. The van der Waals surface area contributed by atoms with E-state index in [1.54, 1.807) is 45.0 Å². The summed E-state index contributed by atoms with van der Waals surface area (Å²) in [4.78, 5) is 4.38. The molecule has 3 rings (SSSR count). The molecule has 2 aromatic carbocycles. The zero-order valence-electron chi connectivity index (χ0n) is 19.0. The number of anilines is 1. The molecule has 2 atom stereocenters. The van der Waals surface area contributed by atoms with Gasteiger partial charge in [-0.05, 0) is 42.5 Å². The number of fused-ring (bicyclic) bond motifs is 1. The van der Waals surface area contributed by atoms with E-state index in [1.165, 1.54) is 6.07 Å². The molecule has 2 N–H and O–H groups in total. The highest BCUT2D eigenvalue weighted by atomic mass is 32.2. The van der Waals surface area contributed by atoms with E-state index in [-0.39, 0.29) is 10.9 Å². The van der Waals surface area contributed by atoms with Gasteiger partial charge in [0.25, 0.3) is 0 Å². The highest BCUT2D eigenvalue weighted by Crippen LogP contribution is 2.47. The number of aromatic nitrogens is 1. The Morgan fingerprint density at radius 1 is 1.12 bits per heavy atom. The lowest BCUT2D eigenvalue weighted by Gasteiger charge is -2.39. The maximum Gasteiger partial charge on any atom is 0.420 e. The molecule has 1 heterocycles. The lowest BCUT2D eigenvalue weighted by atomic mass is 9.87. The van der Waals surface area contributed by atoms with E-state index in [2.05, 4.69) is 10.3 Å². The summed E-state index contributed by atoms with van der Waals surface area (Å²) in [5.74, 6) is -3.66. The Balaban J connectivity index is 2.27. The molecule has 0 aliphatic carbocycles. The van der Waals surface area contributed by atoms with Crippen molar-refractivity contribution in [2.75, 3.05) is 18.2 Å². The first-order valence-corrected chi connectivity index (χ1v) is 11.5. The first-order valence-electron chi connectivity index (χ1n) is 10.4. The maximum absolute atomic E-state index is 14.5. The van der Waals surface area contributed by atoms with Crippen LogP contribution in [0.2, 0.25) is 0 Å². The van der Waals surface area contributed by atoms with Crippen molar-refractivity contribution in [3.63, 3.8) is 0 Å². The Morgan fingerprint density at radius 3 is 2.44 bits per heavy atom. The van der Waals surface area contributed by atoms with E-state index < -0.39 is 46.5 Å². The number of aryl methyl sites for hydroxylation is 1. The Bertz CT molecular complexity index is 1170. The Morgan fingerprint density at radius 2 is 1.82 bits per heavy atom. The highest BCUT2D eigenvalue weighted by molar-refractivity contribution is 7.99. The van der Waals surface area contributed by atoms with Crippen LogP contribution in [-0.4, -0.2) is 40.0 Å². The van der Waals surface area contributed by atoms with Gasteiger partial charge in [0, 0.05) is 34.2 Å². The molecule has 4 nitrogen and oxygen atoms in total. The quantitative estimate of drug-likeness (QED) is 0.350. The van der Waals surface area contributed by atoms with Gasteiger partial charge < -0.3 is 15.2 Å². The van der Waals surface area contributed by atoms with Gasteiger partial charge in [0.1, 0.15) is 5.82 Å². The Labute approximate surface area is 198 Å². The number of rotatable bonds is 8. The number of nitrogens with zero attached hydrogens (tertiary/aromatic N) is 1. The van der Waals surface area contributed by atoms with Gasteiger partial charge in [-0.15, -0.1) is 0 Å². The van der Waals surface area contributed by atoms with E-state index >= 15 is 0 Å². The lowest BCUT2D eigenvalue weighted by Crippen LogP contribution is -2.55. The van der Waals surface area contributed by atoms with Gasteiger partial charge in [0.15, 0.2) is 17.2 Å². The van der Waals surface area contributed by atoms with Crippen molar-refractivity contribution < 1.29 is 31.8 Å². The zero-order valence-corrected chi connectivity index (χ0v) is 19.8. The molecule has 10 heteroatoms. The minimum absolute atomic E-state index is 0.207. The second-order valence-corrected chi connectivity index (χ2v) is 9.76.